The van der Waals surface area contributed by atoms with Crippen LogP contribution < -0.4 is 5.32 Å². The summed E-state index contributed by atoms with van der Waals surface area (Å²) in [4.78, 5) is 28.0. The number of nitrogens with one attached hydrogen (secondary N) is 1. The Bertz CT molecular complexity index is 615. The summed E-state index contributed by atoms with van der Waals surface area (Å²) in [6.07, 6.45) is 17.2. The van der Waals surface area contributed by atoms with Crippen molar-refractivity contribution in [1.29, 1.82) is 0 Å². The van der Waals surface area contributed by atoms with Crippen LogP contribution in [0.5, 0.6) is 0 Å². The van der Waals surface area contributed by atoms with Gasteiger partial charge in [0.2, 0.25) is 11.8 Å². The number of hydrogen-bond donors (Lipinski definition) is 1. The van der Waals surface area contributed by atoms with Crippen molar-refractivity contribution >= 4 is 11.8 Å². The molecule has 0 bridgehead atoms. The molecule has 30 heavy (non-hydrogen) atoms. The minimum Gasteiger partial charge on any atom is -0.356 e. The first kappa shape index (κ1) is 20.8. The summed E-state index contributed by atoms with van der Waals surface area (Å²) in [5, 5.41) is 3.38. The number of likely N-dealkylation sites (tertiary alicyclic amines) is 1. The van der Waals surface area contributed by atoms with Crippen LogP contribution in [0.3, 0.4) is 0 Å². The van der Waals surface area contributed by atoms with Crippen molar-refractivity contribution in [2.75, 3.05) is 19.6 Å². The average molecular weight is 415 g/mol. The quantitative estimate of drug-likeness (QED) is 0.720. The van der Waals surface area contributed by atoms with E-state index in [9.17, 15) is 9.59 Å². The van der Waals surface area contributed by atoms with Gasteiger partial charge in [0.05, 0.1) is 0 Å². The molecule has 4 nitrogen and oxygen atoms in total. The monoisotopic (exact) mass is 414 g/mol. The van der Waals surface area contributed by atoms with Crippen LogP contribution in [0.2, 0.25) is 0 Å². The van der Waals surface area contributed by atoms with E-state index < -0.39 is 0 Å². The lowest BCUT2D eigenvalue weighted by Crippen LogP contribution is -2.46. The summed E-state index contributed by atoms with van der Waals surface area (Å²) in [6, 6.07) is 0. The molecule has 1 heterocycles. The average Bonchev–Trinajstić information content (AvgIpc) is 3.23. The second kappa shape index (κ2) is 9.20. The Kier molecular flexibility index (Phi) is 6.39. The topological polar surface area (TPSA) is 49.4 Å². The minimum atomic E-state index is 0.242. The van der Waals surface area contributed by atoms with Crippen molar-refractivity contribution in [3.8, 4) is 0 Å². The molecule has 5 fully saturated rings. The molecule has 168 valence electrons. The molecule has 5 aliphatic rings. The third-order valence-corrected chi connectivity index (χ3v) is 9.73. The number of amides is 2. The van der Waals surface area contributed by atoms with E-state index in [1.165, 1.54) is 57.8 Å². The van der Waals surface area contributed by atoms with Gasteiger partial charge in [-0.25, -0.2) is 0 Å². The van der Waals surface area contributed by atoms with Crippen molar-refractivity contribution in [2.45, 2.75) is 89.9 Å². The Morgan fingerprint density at radius 3 is 2.20 bits per heavy atom. The molecular weight excluding hydrogens is 372 g/mol. The summed E-state index contributed by atoms with van der Waals surface area (Å²) in [5.41, 5.74) is 0. The summed E-state index contributed by atoms with van der Waals surface area (Å²) in [6.45, 7) is 2.78. The number of piperidine rings is 1. The van der Waals surface area contributed by atoms with Crippen LogP contribution >= 0.6 is 0 Å². The molecular formula is C26H42N2O2. The lowest BCUT2D eigenvalue weighted by atomic mass is 9.60. The zero-order valence-corrected chi connectivity index (χ0v) is 18.8. The fourth-order valence-electron chi connectivity index (χ4n) is 8.14. The van der Waals surface area contributed by atoms with Gasteiger partial charge in [-0.1, -0.05) is 12.8 Å². The second-order valence-electron chi connectivity index (χ2n) is 11.3. The van der Waals surface area contributed by atoms with Gasteiger partial charge in [-0.2, -0.15) is 0 Å². The van der Waals surface area contributed by atoms with E-state index in [-0.39, 0.29) is 11.8 Å². The Morgan fingerprint density at radius 1 is 0.733 bits per heavy atom. The first-order valence-electron chi connectivity index (χ1n) is 13.3. The van der Waals surface area contributed by atoms with Crippen LogP contribution in [-0.4, -0.2) is 36.3 Å². The zero-order valence-electron chi connectivity index (χ0n) is 18.8. The predicted molar refractivity (Wildman–Crippen MR) is 119 cm³/mol. The van der Waals surface area contributed by atoms with Crippen LogP contribution in [0.4, 0.5) is 0 Å². The van der Waals surface area contributed by atoms with Crippen molar-refractivity contribution in [1.82, 2.24) is 10.2 Å². The van der Waals surface area contributed by atoms with E-state index in [0.29, 0.717) is 23.7 Å². The molecule has 0 aromatic carbocycles. The number of nitrogens with zero attached hydrogens (tertiary/aromatic N) is 1. The lowest BCUT2D eigenvalue weighted by Gasteiger charge is -2.45. The maximum atomic E-state index is 13.1. The molecule has 4 saturated carbocycles. The second-order valence-corrected chi connectivity index (χ2v) is 11.3. The van der Waals surface area contributed by atoms with Gasteiger partial charge in [-0.15, -0.1) is 0 Å². The molecule has 1 N–H and O–H groups in total. The Morgan fingerprint density at radius 2 is 1.43 bits per heavy atom. The summed E-state index contributed by atoms with van der Waals surface area (Å²) in [5.74, 6) is 5.25. The summed E-state index contributed by atoms with van der Waals surface area (Å²) < 4.78 is 0. The van der Waals surface area contributed by atoms with Gasteiger partial charge in [0.25, 0.3) is 0 Å². The highest BCUT2D eigenvalue weighted by Crippen LogP contribution is 2.56. The SMILES string of the molecule is O=C(NCC1CCC(C(=O)N2CCCCC2)CC1)C1CCC2CCC3CCCC1C32. The first-order valence-corrected chi connectivity index (χ1v) is 13.3. The highest BCUT2D eigenvalue weighted by atomic mass is 16.2. The van der Waals surface area contributed by atoms with Crippen LogP contribution in [0.25, 0.3) is 0 Å². The van der Waals surface area contributed by atoms with Gasteiger partial charge in [0.1, 0.15) is 0 Å². The Balaban J connectivity index is 1.08. The highest BCUT2D eigenvalue weighted by molar-refractivity contribution is 5.79. The molecule has 4 aliphatic carbocycles. The Labute approximate surface area is 182 Å². The molecule has 2 amide bonds. The predicted octanol–water partition coefficient (Wildman–Crippen LogP) is 4.77. The molecule has 5 rings (SSSR count). The molecule has 5 unspecified atom stereocenters. The lowest BCUT2D eigenvalue weighted by molar-refractivity contribution is -0.138. The molecule has 0 aromatic heterocycles. The van der Waals surface area contributed by atoms with Gasteiger partial charge in [0, 0.05) is 31.5 Å². The normalized spacial score (nSPS) is 41.2. The molecule has 0 spiro atoms. The smallest absolute Gasteiger partial charge is 0.225 e. The maximum Gasteiger partial charge on any atom is 0.225 e. The van der Waals surface area contributed by atoms with Gasteiger partial charge < -0.3 is 10.2 Å². The highest BCUT2D eigenvalue weighted by Gasteiger charge is 2.49. The molecule has 4 heteroatoms. The molecule has 1 saturated heterocycles. The summed E-state index contributed by atoms with van der Waals surface area (Å²) in [7, 11) is 0. The van der Waals surface area contributed by atoms with Crippen molar-refractivity contribution < 1.29 is 9.59 Å². The van der Waals surface area contributed by atoms with Crippen LogP contribution in [0, 0.1) is 41.4 Å². The summed E-state index contributed by atoms with van der Waals surface area (Å²) >= 11 is 0. The zero-order chi connectivity index (χ0) is 20.5. The van der Waals surface area contributed by atoms with E-state index in [1.54, 1.807) is 0 Å². The van der Waals surface area contributed by atoms with Crippen molar-refractivity contribution in [2.24, 2.45) is 41.4 Å². The standard InChI is InChI=1S/C26H42N2O2/c29-25(23-14-13-20-12-11-19-5-4-6-22(23)24(19)20)27-17-18-7-9-21(10-8-18)26(30)28-15-2-1-3-16-28/h18-24H,1-17H2,(H,27,29). The van der Waals surface area contributed by atoms with Crippen LogP contribution in [-0.2, 0) is 9.59 Å². The van der Waals surface area contributed by atoms with E-state index in [4.69, 9.17) is 0 Å². The van der Waals surface area contributed by atoms with Gasteiger partial charge in [-0.3, -0.25) is 9.59 Å². The number of hydrogen-bond acceptors (Lipinski definition) is 2. The first-order chi connectivity index (χ1) is 14.7. The van der Waals surface area contributed by atoms with Gasteiger partial charge >= 0.3 is 0 Å². The van der Waals surface area contributed by atoms with Gasteiger partial charge in [-0.05, 0) is 107 Å². The van der Waals surface area contributed by atoms with E-state index in [0.717, 1.165) is 69.5 Å². The fourth-order valence-corrected chi connectivity index (χ4v) is 8.14. The molecule has 0 aromatic rings. The molecule has 0 radical (unpaired) electrons. The number of carbonyl (C=O) groups excluding carboxylic acids is 2. The minimum absolute atomic E-state index is 0.242. The van der Waals surface area contributed by atoms with Crippen molar-refractivity contribution in [3.63, 3.8) is 0 Å². The number of rotatable bonds is 4. The molecule has 5 atom stereocenters. The number of carbonyl (C=O) groups is 2. The van der Waals surface area contributed by atoms with E-state index in [2.05, 4.69) is 10.2 Å². The molecule has 1 aliphatic heterocycles. The van der Waals surface area contributed by atoms with Crippen LogP contribution in [0.15, 0.2) is 0 Å². The Hall–Kier alpha value is -1.06. The third kappa shape index (κ3) is 4.17. The van der Waals surface area contributed by atoms with Gasteiger partial charge in [0.15, 0.2) is 0 Å². The maximum absolute atomic E-state index is 13.1. The van der Waals surface area contributed by atoms with Crippen LogP contribution in [0.1, 0.15) is 89.9 Å². The third-order valence-electron chi connectivity index (χ3n) is 9.73. The van der Waals surface area contributed by atoms with E-state index in [1.807, 2.05) is 0 Å². The largest absolute Gasteiger partial charge is 0.356 e. The van der Waals surface area contributed by atoms with Crippen molar-refractivity contribution in [3.05, 3.63) is 0 Å². The fraction of sp³-hybridized carbons (Fsp3) is 0.923. The van der Waals surface area contributed by atoms with E-state index >= 15 is 0 Å².